The summed E-state index contributed by atoms with van der Waals surface area (Å²) in [5, 5.41) is 10.1. The minimum atomic E-state index is -0.137. The second-order valence-electron chi connectivity index (χ2n) is 6.41. The van der Waals surface area contributed by atoms with Crippen molar-refractivity contribution >= 4 is 28.3 Å². The molecule has 0 fully saturated rings. The summed E-state index contributed by atoms with van der Waals surface area (Å²) in [7, 11) is 1.59. The number of nitrogens with two attached hydrogens (primary N) is 1. The molecule has 1 unspecified atom stereocenters. The highest BCUT2D eigenvalue weighted by Gasteiger charge is 2.39. The largest absolute Gasteiger partial charge is 0.495 e. The molecule has 1 spiro atoms. The molecule has 0 amide bonds. The second-order valence-corrected chi connectivity index (χ2v) is 8.66. The van der Waals surface area contributed by atoms with Crippen LogP contribution >= 0.6 is 23.1 Å². The molecular formula is C19H19N3OS2. The van der Waals surface area contributed by atoms with Crippen LogP contribution in [0.2, 0.25) is 0 Å². The van der Waals surface area contributed by atoms with Gasteiger partial charge in [-0.25, -0.2) is 0 Å². The zero-order valence-electron chi connectivity index (χ0n) is 14.0. The Labute approximate surface area is 155 Å². The molecule has 128 valence electrons. The molecule has 1 atom stereocenters. The van der Waals surface area contributed by atoms with Crippen molar-refractivity contribution < 1.29 is 4.74 Å². The summed E-state index contributed by atoms with van der Waals surface area (Å²) < 4.78 is 5.26. The van der Waals surface area contributed by atoms with Gasteiger partial charge in [-0.3, -0.25) is 4.99 Å². The highest BCUT2D eigenvalue weighted by atomic mass is 32.2. The minimum Gasteiger partial charge on any atom is -0.495 e. The fourth-order valence-electron chi connectivity index (χ4n) is 3.77. The van der Waals surface area contributed by atoms with E-state index in [1.165, 1.54) is 15.3 Å². The molecule has 0 bridgehead atoms. The standard InChI is InChI=1S/C19H19N3OS2/c1-23-15-5-4-12(9-13(15)11-20)17-10-14-16(25-17)3-2-6-19(14)7-8-24-18(21)22-19/h4-5,9-10H,2-3,6-8H2,1H3,(H2,21,22). The van der Waals surface area contributed by atoms with Crippen LogP contribution in [0.5, 0.6) is 5.75 Å². The van der Waals surface area contributed by atoms with Gasteiger partial charge in [0.1, 0.15) is 11.8 Å². The number of hydrogen-bond donors (Lipinski definition) is 1. The lowest BCUT2D eigenvalue weighted by atomic mass is 9.78. The van der Waals surface area contributed by atoms with Crippen molar-refractivity contribution in [3.05, 3.63) is 40.3 Å². The van der Waals surface area contributed by atoms with E-state index in [4.69, 9.17) is 15.5 Å². The van der Waals surface area contributed by atoms with Crippen LogP contribution in [0.25, 0.3) is 10.4 Å². The molecule has 4 nitrogen and oxygen atoms in total. The van der Waals surface area contributed by atoms with Crippen molar-refractivity contribution in [1.82, 2.24) is 0 Å². The molecule has 2 aliphatic rings. The number of amidine groups is 1. The van der Waals surface area contributed by atoms with Crippen LogP contribution in [-0.4, -0.2) is 18.0 Å². The topological polar surface area (TPSA) is 71.4 Å². The van der Waals surface area contributed by atoms with E-state index in [0.717, 1.165) is 37.0 Å². The summed E-state index contributed by atoms with van der Waals surface area (Å²) in [5.74, 6) is 1.65. The van der Waals surface area contributed by atoms with E-state index in [1.54, 1.807) is 18.9 Å². The Balaban J connectivity index is 1.79. The van der Waals surface area contributed by atoms with Crippen molar-refractivity contribution in [2.75, 3.05) is 12.9 Å². The number of hydrogen-bond acceptors (Lipinski definition) is 6. The van der Waals surface area contributed by atoms with Crippen molar-refractivity contribution in [2.24, 2.45) is 10.7 Å². The zero-order valence-corrected chi connectivity index (χ0v) is 15.7. The Morgan fingerprint density at radius 3 is 2.96 bits per heavy atom. The predicted octanol–water partition coefficient (Wildman–Crippen LogP) is 4.28. The molecule has 2 heterocycles. The van der Waals surface area contributed by atoms with Gasteiger partial charge < -0.3 is 10.5 Å². The number of aliphatic imine (C=N–C) groups is 1. The summed E-state index contributed by atoms with van der Waals surface area (Å²) in [6.07, 6.45) is 4.38. The number of benzene rings is 1. The molecule has 1 aromatic heterocycles. The smallest absolute Gasteiger partial charge is 0.154 e. The van der Waals surface area contributed by atoms with Crippen LogP contribution in [0.3, 0.4) is 0 Å². The summed E-state index contributed by atoms with van der Waals surface area (Å²) in [6.45, 7) is 0. The minimum absolute atomic E-state index is 0.137. The summed E-state index contributed by atoms with van der Waals surface area (Å²) in [5.41, 5.74) is 8.89. The van der Waals surface area contributed by atoms with Gasteiger partial charge in [-0.15, -0.1) is 11.3 Å². The highest BCUT2D eigenvalue weighted by molar-refractivity contribution is 8.13. The maximum atomic E-state index is 9.35. The average Bonchev–Trinajstić information content (AvgIpc) is 3.07. The summed E-state index contributed by atoms with van der Waals surface area (Å²) >= 11 is 3.48. The molecule has 1 aliphatic carbocycles. The third-order valence-electron chi connectivity index (χ3n) is 5.00. The van der Waals surface area contributed by atoms with Gasteiger partial charge >= 0.3 is 0 Å². The maximum absolute atomic E-state index is 9.35. The molecule has 1 aromatic carbocycles. The highest BCUT2D eigenvalue weighted by Crippen LogP contribution is 2.49. The second kappa shape index (κ2) is 6.40. The van der Waals surface area contributed by atoms with E-state index in [9.17, 15) is 5.26 Å². The number of fused-ring (bicyclic) bond motifs is 2. The van der Waals surface area contributed by atoms with Gasteiger partial charge in [-0.1, -0.05) is 11.8 Å². The van der Waals surface area contributed by atoms with Crippen LogP contribution < -0.4 is 10.5 Å². The van der Waals surface area contributed by atoms with Crippen molar-refractivity contribution in [2.45, 2.75) is 31.2 Å². The number of rotatable bonds is 2. The van der Waals surface area contributed by atoms with Gasteiger partial charge in [0.05, 0.1) is 18.2 Å². The first-order valence-corrected chi connectivity index (χ1v) is 10.2. The third-order valence-corrected chi connectivity index (χ3v) is 7.04. The average molecular weight is 370 g/mol. The van der Waals surface area contributed by atoms with Gasteiger partial charge in [0.15, 0.2) is 5.17 Å². The van der Waals surface area contributed by atoms with E-state index in [0.29, 0.717) is 16.5 Å². The van der Waals surface area contributed by atoms with E-state index in [2.05, 4.69) is 12.1 Å². The molecule has 0 radical (unpaired) electrons. The lowest BCUT2D eigenvalue weighted by Gasteiger charge is -2.36. The molecule has 2 N–H and O–H groups in total. The Hall–Kier alpha value is -1.97. The fraction of sp³-hybridized carbons (Fsp3) is 0.368. The van der Waals surface area contributed by atoms with Crippen molar-refractivity contribution in [3.8, 4) is 22.3 Å². The third kappa shape index (κ3) is 2.82. The lowest BCUT2D eigenvalue weighted by Crippen LogP contribution is -2.34. The van der Waals surface area contributed by atoms with E-state index in [1.807, 2.05) is 29.5 Å². The summed E-state index contributed by atoms with van der Waals surface area (Å²) in [4.78, 5) is 7.48. The van der Waals surface area contributed by atoms with E-state index in [-0.39, 0.29) is 5.54 Å². The number of thiophene rings is 1. The number of methoxy groups -OCH3 is 1. The van der Waals surface area contributed by atoms with Gasteiger partial charge in [-0.2, -0.15) is 5.26 Å². The number of aryl methyl sites for hydroxylation is 1. The Bertz CT molecular complexity index is 897. The fourth-order valence-corrected chi connectivity index (χ4v) is 5.96. The zero-order chi connectivity index (χ0) is 17.4. The first-order valence-electron chi connectivity index (χ1n) is 8.35. The van der Waals surface area contributed by atoms with Crippen molar-refractivity contribution in [3.63, 3.8) is 0 Å². The van der Waals surface area contributed by atoms with Crippen LogP contribution in [0.4, 0.5) is 0 Å². The van der Waals surface area contributed by atoms with Crippen molar-refractivity contribution in [1.29, 1.82) is 5.26 Å². The monoisotopic (exact) mass is 369 g/mol. The number of nitrogens with zero attached hydrogens (tertiary/aromatic N) is 2. The SMILES string of the molecule is COc1ccc(-c2cc3c(s2)CCCC32CCSC(N)=N2)cc1C#N. The van der Waals surface area contributed by atoms with Crippen LogP contribution in [0.15, 0.2) is 29.3 Å². The number of nitriles is 1. The molecule has 25 heavy (non-hydrogen) atoms. The van der Waals surface area contributed by atoms with Crippen LogP contribution in [-0.2, 0) is 12.0 Å². The molecule has 1 aliphatic heterocycles. The first-order chi connectivity index (χ1) is 12.1. The van der Waals surface area contributed by atoms with E-state index < -0.39 is 0 Å². The molecule has 0 saturated carbocycles. The normalized spacial score (nSPS) is 22.2. The molecule has 6 heteroatoms. The number of ether oxygens (including phenoxy) is 1. The quantitative estimate of drug-likeness (QED) is 0.858. The van der Waals surface area contributed by atoms with Gasteiger partial charge in [0.25, 0.3) is 0 Å². The van der Waals surface area contributed by atoms with E-state index >= 15 is 0 Å². The van der Waals surface area contributed by atoms with Gasteiger partial charge in [0.2, 0.25) is 0 Å². The number of thioether (sulfide) groups is 1. The Kier molecular flexibility index (Phi) is 4.22. The predicted molar refractivity (Wildman–Crippen MR) is 104 cm³/mol. The molecule has 0 saturated heterocycles. The van der Waals surface area contributed by atoms with Crippen LogP contribution in [0.1, 0.15) is 35.3 Å². The molecule has 4 rings (SSSR count). The lowest BCUT2D eigenvalue weighted by molar-refractivity contribution is 0.368. The Morgan fingerprint density at radius 1 is 1.32 bits per heavy atom. The van der Waals surface area contributed by atoms with Gasteiger partial charge in [0, 0.05) is 15.5 Å². The molecular weight excluding hydrogens is 350 g/mol. The first kappa shape index (κ1) is 16.5. The van der Waals surface area contributed by atoms with Gasteiger partial charge in [-0.05, 0) is 61.1 Å². The van der Waals surface area contributed by atoms with Crippen LogP contribution in [0, 0.1) is 11.3 Å². The summed E-state index contributed by atoms with van der Waals surface area (Å²) in [6, 6.07) is 10.3. The molecule has 2 aromatic rings. The maximum Gasteiger partial charge on any atom is 0.154 e. The Morgan fingerprint density at radius 2 is 2.20 bits per heavy atom.